The van der Waals surface area contributed by atoms with Crippen LogP contribution in [0.4, 0.5) is 0 Å². The summed E-state index contributed by atoms with van der Waals surface area (Å²) in [5.74, 6) is 0.244. The van der Waals surface area contributed by atoms with E-state index in [1.165, 1.54) is 0 Å². The molecule has 5 nitrogen and oxygen atoms in total. The number of primary amides is 1. The predicted octanol–water partition coefficient (Wildman–Crippen LogP) is 1.90. The Morgan fingerprint density at radius 1 is 1.44 bits per heavy atom. The van der Waals surface area contributed by atoms with Crippen molar-refractivity contribution in [3.8, 4) is 11.6 Å². The van der Waals surface area contributed by atoms with E-state index in [1.54, 1.807) is 12.3 Å². The van der Waals surface area contributed by atoms with E-state index in [0.717, 1.165) is 12.8 Å². The molecule has 18 heavy (non-hydrogen) atoms. The number of pyridine rings is 1. The number of carbonyl (C=O) groups is 1. The summed E-state index contributed by atoms with van der Waals surface area (Å²) in [6.45, 7) is 5.65. The lowest BCUT2D eigenvalue weighted by molar-refractivity contribution is 0.0968. The smallest absolute Gasteiger partial charge is 0.254 e. The van der Waals surface area contributed by atoms with Gasteiger partial charge in [0.25, 0.3) is 5.91 Å². The molecule has 1 aliphatic carbocycles. The number of nitrogens with two attached hydrogens (primary N) is 1. The maximum absolute atomic E-state index is 11.4. The van der Waals surface area contributed by atoms with Crippen LogP contribution in [-0.2, 0) is 0 Å². The van der Waals surface area contributed by atoms with Crippen molar-refractivity contribution in [2.45, 2.75) is 45.3 Å². The highest BCUT2D eigenvalue weighted by atomic mass is 16.5. The molecule has 1 aromatic heterocycles. The van der Waals surface area contributed by atoms with Gasteiger partial charge in [0, 0.05) is 0 Å². The first-order chi connectivity index (χ1) is 8.35. The summed E-state index contributed by atoms with van der Waals surface area (Å²) in [6, 6.07) is 1.59. The minimum atomic E-state index is -0.567. The van der Waals surface area contributed by atoms with Gasteiger partial charge in [-0.15, -0.1) is 0 Å². The van der Waals surface area contributed by atoms with Crippen molar-refractivity contribution in [1.82, 2.24) is 4.98 Å². The lowest BCUT2D eigenvalue weighted by Gasteiger charge is -2.21. The van der Waals surface area contributed by atoms with Gasteiger partial charge in [0.15, 0.2) is 0 Å². The number of amides is 1. The van der Waals surface area contributed by atoms with Crippen LogP contribution in [0.3, 0.4) is 0 Å². The van der Waals surface area contributed by atoms with Crippen LogP contribution in [-0.4, -0.2) is 22.6 Å². The van der Waals surface area contributed by atoms with E-state index in [0.29, 0.717) is 5.75 Å². The predicted molar refractivity (Wildman–Crippen MR) is 66.8 cm³/mol. The molecule has 0 bridgehead atoms. The maximum Gasteiger partial charge on any atom is 0.254 e. The molecule has 1 aliphatic rings. The Labute approximate surface area is 106 Å². The van der Waals surface area contributed by atoms with Gasteiger partial charge in [-0.25, -0.2) is 4.98 Å². The molecule has 1 amide bonds. The highest BCUT2D eigenvalue weighted by Gasteiger charge is 2.25. The average molecular weight is 250 g/mol. The first-order valence-corrected chi connectivity index (χ1v) is 6.01. The van der Waals surface area contributed by atoms with Gasteiger partial charge in [-0.2, -0.15) is 0 Å². The van der Waals surface area contributed by atoms with Crippen LogP contribution >= 0.6 is 0 Å². The van der Waals surface area contributed by atoms with Crippen molar-refractivity contribution >= 4 is 5.91 Å². The van der Waals surface area contributed by atoms with E-state index in [2.05, 4.69) is 4.98 Å². The molecule has 0 aliphatic heterocycles. The fourth-order valence-corrected chi connectivity index (χ4v) is 1.42. The normalized spacial score (nSPS) is 15.3. The number of hydrogen-bond acceptors (Lipinski definition) is 4. The molecule has 0 saturated heterocycles. The van der Waals surface area contributed by atoms with Gasteiger partial charge in [0.2, 0.25) is 5.88 Å². The van der Waals surface area contributed by atoms with E-state index in [9.17, 15) is 4.79 Å². The number of ether oxygens (including phenoxy) is 2. The molecule has 0 unspecified atom stereocenters. The summed E-state index contributed by atoms with van der Waals surface area (Å²) in [5.41, 5.74) is 5.15. The summed E-state index contributed by atoms with van der Waals surface area (Å²) in [5, 5.41) is 0. The summed E-state index contributed by atoms with van der Waals surface area (Å²) in [4.78, 5) is 15.5. The standard InChI is InChI=1S/C13H18N2O3/c1-13(2,3)18-12-10(11(14)16)6-9(7-15-12)17-8-4-5-8/h6-8H,4-5H2,1-3H3,(H2,14,16). The first kappa shape index (κ1) is 12.7. The van der Waals surface area contributed by atoms with Crippen LogP contribution in [0.15, 0.2) is 12.3 Å². The monoisotopic (exact) mass is 250 g/mol. The third-order valence-corrected chi connectivity index (χ3v) is 2.32. The Morgan fingerprint density at radius 2 is 2.11 bits per heavy atom. The fourth-order valence-electron chi connectivity index (χ4n) is 1.42. The zero-order valence-electron chi connectivity index (χ0n) is 10.9. The Balaban J connectivity index is 2.25. The highest BCUT2D eigenvalue weighted by Crippen LogP contribution is 2.29. The minimum absolute atomic E-state index is 0.248. The molecule has 0 radical (unpaired) electrons. The largest absolute Gasteiger partial charge is 0.489 e. The third-order valence-electron chi connectivity index (χ3n) is 2.32. The van der Waals surface area contributed by atoms with Crippen molar-refractivity contribution < 1.29 is 14.3 Å². The topological polar surface area (TPSA) is 74.4 Å². The Hall–Kier alpha value is -1.78. The quantitative estimate of drug-likeness (QED) is 0.885. The fraction of sp³-hybridized carbons (Fsp3) is 0.538. The average Bonchev–Trinajstić information content (AvgIpc) is 3.01. The maximum atomic E-state index is 11.4. The summed E-state index contributed by atoms with van der Waals surface area (Å²) < 4.78 is 11.2. The third kappa shape index (κ3) is 3.35. The Kier molecular flexibility index (Phi) is 3.15. The molecule has 1 aromatic rings. The second-order valence-electron chi connectivity index (χ2n) is 5.42. The molecular weight excluding hydrogens is 232 g/mol. The van der Waals surface area contributed by atoms with Gasteiger partial charge in [-0.3, -0.25) is 4.79 Å². The molecule has 5 heteroatoms. The molecule has 0 atom stereocenters. The van der Waals surface area contributed by atoms with Crippen molar-refractivity contribution in [3.05, 3.63) is 17.8 Å². The zero-order valence-corrected chi connectivity index (χ0v) is 10.9. The second kappa shape index (κ2) is 4.48. The van der Waals surface area contributed by atoms with E-state index >= 15 is 0 Å². The van der Waals surface area contributed by atoms with Crippen molar-refractivity contribution in [3.63, 3.8) is 0 Å². The molecule has 1 heterocycles. The lowest BCUT2D eigenvalue weighted by atomic mass is 10.2. The Bertz CT molecular complexity index is 462. The van der Waals surface area contributed by atoms with Gasteiger partial charge < -0.3 is 15.2 Å². The molecule has 1 fully saturated rings. The SMILES string of the molecule is CC(C)(C)Oc1ncc(OC2CC2)cc1C(N)=O. The number of carbonyl (C=O) groups excluding carboxylic acids is 1. The molecule has 98 valence electrons. The van der Waals surface area contributed by atoms with Crippen LogP contribution < -0.4 is 15.2 Å². The lowest BCUT2D eigenvalue weighted by Crippen LogP contribution is -2.26. The van der Waals surface area contributed by atoms with E-state index in [4.69, 9.17) is 15.2 Å². The van der Waals surface area contributed by atoms with E-state index in [-0.39, 0.29) is 17.5 Å². The first-order valence-electron chi connectivity index (χ1n) is 6.01. The summed E-state index contributed by atoms with van der Waals surface area (Å²) >= 11 is 0. The van der Waals surface area contributed by atoms with Crippen LogP contribution in [0.25, 0.3) is 0 Å². The van der Waals surface area contributed by atoms with Crippen LogP contribution in [0.1, 0.15) is 44.0 Å². The highest BCUT2D eigenvalue weighted by molar-refractivity contribution is 5.95. The molecule has 1 saturated carbocycles. The summed E-state index contributed by atoms with van der Waals surface area (Å²) in [6.07, 6.45) is 3.91. The molecule has 0 aromatic carbocycles. The molecule has 2 N–H and O–H groups in total. The molecule has 2 rings (SSSR count). The molecular formula is C13H18N2O3. The molecule has 0 spiro atoms. The van der Waals surface area contributed by atoms with E-state index < -0.39 is 11.5 Å². The summed E-state index contributed by atoms with van der Waals surface area (Å²) in [7, 11) is 0. The number of rotatable bonds is 4. The van der Waals surface area contributed by atoms with Crippen LogP contribution in [0, 0.1) is 0 Å². The Morgan fingerprint density at radius 3 is 2.61 bits per heavy atom. The number of hydrogen-bond donors (Lipinski definition) is 1. The van der Waals surface area contributed by atoms with Crippen molar-refractivity contribution in [1.29, 1.82) is 0 Å². The minimum Gasteiger partial charge on any atom is -0.489 e. The van der Waals surface area contributed by atoms with Crippen LogP contribution in [0.2, 0.25) is 0 Å². The van der Waals surface area contributed by atoms with E-state index in [1.807, 2.05) is 20.8 Å². The number of nitrogens with zero attached hydrogens (tertiary/aromatic N) is 1. The second-order valence-corrected chi connectivity index (χ2v) is 5.42. The van der Waals surface area contributed by atoms with Crippen molar-refractivity contribution in [2.24, 2.45) is 5.73 Å². The zero-order chi connectivity index (χ0) is 13.3. The number of aromatic nitrogens is 1. The van der Waals surface area contributed by atoms with Crippen LogP contribution in [0.5, 0.6) is 11.6 Å². The van der Waals surface area contributed by atoms with Crippen molar-refractivity contribution in [2.75, 3.05) is 0 Å². The van der Waals surface area contributed by atoms with Gasteiger partial charge in [-0.1, -0.05) is 0 Å². The van der Waals surface area contributed by atoms with Gasteiger partial charge in [0.1, 0.15) is 16.9 Å². The van der Waals surface area contributed by atoms with Gasteiger partial charge in [0.05, 0.1) is 12.3 Å². The van der Waals surface area contributed by atoms with Gasteiger partial charge in [-0.05, 0) is 39.7 Å². The van der Waals surface area contributed by atoms with Gasteiger partial charge >= 0.3 is 0 Å².